The second-order valence-electron chi connectivity index (χ2n) is 8.20. The number of hydrogen-bond donors (Lipinski definition) is 0. The van der Waals surface area contributed by atoms with Gasteiger partial charge in [-0.3, -0.25) is 4.79 Å². The third kappa shape index (κ3) is 2.21. The molecule has 0 spiro atoms. The Labute approximate surface area is 123 Å². The molecule has 4 saturated carbocycles. The van der Waals surface area contributed by atoms with Crippen LogP contribution >= 0.6 is 0 Å². The minimum absolute atomic E-state index is 0.0537. The smallest absolute Gasteiger partial charge is 0.139 e. The van der Waals surface area contributed by atoms with Gasteiger partial charge in [0.1, 0.15) is 5.78 Å². The molecule has 0 heterocycles. The quantitative estimate of drug-likeness (QED) is 0.698. The lowest BCUT2D eigenvalue weighted by molar-refractivity contribution is -0.152. The molecule has 0 aliphatic heterocycles. The zero-order valence-corrected chi connectivity index (χ0v) is 13.2. The van der Waals surface area contributed by atoms with Crippen LogP contribution in [0.25, 0.3) is 0 Å². The topological polar surface area (TPSA) is 26.3 Å². The number of ether oxygens (including phenoxy) is 1. The zero-order chi connectivity index (χ0) is 14.5. The van der Waals surface area contributed by atoms with Gasteiger partial charge in [-0.25, -0.2) is 0 Å². The molecule has 4 bridgehead atoms. The minimum Gasteiger partial charge on any atom is -0.497 e. The summed E-state index contributed by atoms with van der Waals surface area (Å²) in [6.45, 7) is 11.5. The van der Waals surface area contributed by atoms with Crippen LogP contribution in [0.2, 0.25) is 0 Å². The van der Waals surface area contributed by atoms with Crippen LogP contribution in [0, 0.1) is 28.6 Å². The molecule has 2 atom stereocenters. The number of Topliss-reactive ketones (excluding diaryl/α,β-unsaturated/α-hetero) is 1. The average Bonchev–Trinajstić information content (AvgIpc) is 2.41. The van der Waals surface area contributed by atoms with Gasteiger partial charge in [0, 0.05) is 22.7 Å². The highest BCUT2D eigenvalue weighted by molar-refractivity contribution is 5.85. The van der Waals surface area contributed by atoms with Crippen LogP contribution < -0.4 is 0 Å². The molecule has 4 aliphatic carbocycles. The van der Waals surface area contributed by atoms with E-state index in [1.807, 2.05) is 0 Å². The van der Waals surface area contributed by atoms with Crippen LogP contribution in [-0.4, -0.2) is 12.4 Å². The summed E-state index contributed by atoms with van der Waals surface area (Å²) in [5.74, 6) is 2.95. The van der Waals surface area contributed by atoms with E-state index in [0.717, 1.165) is 50.4 Å². The van der Waals surface area contributed by atoms with Crippen molar-refractivity contribution in [2.45, 2.75) is 59.3 Å². The number of ketones is 1. The molecule has 0 saturated heterocycles. The molecule has 0 radical (unpaired) electrons. The maximum absolute atomic E-state index is 12.2. The second kappa shape index (κ2) is 4.61. The first-order valence-corrected chi connectivity index (χ1v) is 8.21. The average molecular weight is 276 g/mol. The molecule has 0 aromatic rings. The van der Waals surface area contributed by atoms with Crippen LogP contribution in [-0.2, 0) is 9.53 Å². The Morgan fingerprint density at radius 1 is 1.30 bits per heavy atom. The maximum Gasteiger partial charge on any atom is 0.139 e. The van der Waals surface area contributed by atoms with Crippen LogP contribution in [0.5, 0.6) is 0 Å². The van der Waals surface area contributed by atoms with Gasteiger partial charge in [0.2, 0.25) is 0 Å². The van der Waals surface area contributed by atoms with Crippen molar-refractivity contribution >= 4 is 5.78 Å². The summed E-state index contributed by atoms with van der Waals surface area (Å²) in [7, 11) is 0. The van der Waals surface area contributed by atoms with Crippen molar-refractivity contribution in [3.05, 3.63) is 12.3 Å². The summed E-state index contributed by atoms with van der Waals surface area (Å²) in [4.78, 5) is 12.2. The van der Waals surface area contributed by atoms with Crippen molar-refractivity contribution in [2.24, 2.45) is 28.6 Å². The molecule has 2 nitrogen and oxygen atoms in total. The molecule has 4 fully saturated rings. The number of hydrogen-bond acceptors (Lipinski definition) is 2. The third-order valence-electron chi connectivity index (χ3n) is 6.31. The van der Waals surface area contributed by atoms with E-state index < -0.39 is 0 Å². The molecular formula is C18H28O2. The summed E-state index contributed by atoms with van der Waals surface area (Å²) in [5.41, 5.74) is 0.329. The van der Waals surface area contributed by atoms with Gasteiger partial charge in [-0.1, -0.05) is 27.4 Å². The van der Waals surface area contributed by atoms with Crippen molar-refractivity contribution in [1.82, 2.24) is 0 Å². The van der Waals surface area contributed by atoms with Gasteiger partial charge < -0.3 is 4.74 Å². The van der Waals surface area contributed by atoms with Gasteiger partial charge in [0.15, 0.2) is 0 Å². The highest BCUT2D eigenvalue weighted by Gasteiger charge is 2.55. The first-order chi connectivity index (χ1) is 9.35. The second-order valence-corrected chi connectivity index (χ2v) is 8.20. The van der Waals surface area contributed by atoms with Crippen LogP contribution in [0.1, 0.15) is 59.3 Å². The normalized spacial score (nSPS) is 39.1. The molecule has 112 valence electrons. The van der Waals surface area contributed by atoms with Crippen molar-refractivity contribution in [3.63, 3.8) is 0 Å². The molecule has 0 amide bonds. The summed E-state index contributed by atoms with van der Waals surface area (Å²) < 4.78 is 6.11. The van der Waals surface area contributed by atoms with E-state index in [1.165, 1.54) is 6.42 Å². The Bertz CT molecular complexity index is 417. The van der Waals surface area contributed by atoms with Gasteiger partial charge in [-0.15, -0.1) is 0 Å². The molecular weight excluding hydrogens is 248 g/mol. The Hall–Kier alpha value is -0.790. The fourth-order valence-electron chi connectivity index (χ4n) is 4.72. The highest BCUT2D eigenvalue weighted by Crippen LogP contribution is 2.58. The van der Waals surface area contributed by atoms with Crippen LogP contribution in [0.15, 0.2) is 12.3 Å². The van der Waals surface area contributed by atoms with Crippen LogP contribution in [0.4, 0.5) is 0 Å². The monoisotopic (exact) mass is 276 g/mol. The molecule has 2 unspecified atom stereocenters. The number of carbonyl (C=O) groups excluding carboxylic acids is 1. The predicted molar refractivity (Wildman–Crippen MR) is 80.2 cm³/mol. The highest BCUT2D eigenvalue weighted by atomic mass is 16.5. The van der Waals surface area contributed by atoms with E-state index in [0.29, 0.717) is 17.6 Å². The van der Waals surface area contributed by atoms with E-state index in [9.17, 15) is 4.79 Å². The third-order valence-corrected chi connectivity index (χ3v) is 6.31. The SMILES string of the molecule is C=C(OCC12CC3CC(C1)C(=O)C(C3)C2)C(C)(C)CC. The Morgan fingerprint density at radius 2 is 1.90 bits per heavy atom. The molecule has 0 N–H and O–H groups in total. The van der Waals surface area contributed by atoms with Crippen molar-refractivity contribution in [1.29, 1.82) is 0 Å². The largest absolute Gasteiger partial charge is 0.497 e. The zero-order valence-electron chi connectivity index (χ0n) is 13.2. The fourth-order valence-corrected chi connectivity index (χ4v) is 4.72. The Kier molecular flexibility index (Phi) is 3.26. The molecule has 0 aromatic heterocycles. The van der Waals surface area contributed by atoms with E-state index in [1.54, 1.807) is 0 Å². The van der Waals surface area contributed by atoms with Crippen LogP contribution in [0.3, 0.4) is 0 Å². The number of allylic oxidation sites excluding steroid dienone is 1. The van der Waals surface area contributed by atoms with Crippen molar-refractivity contribution < 1.29 is 9.53 Å². The molecule has 4 rings (SSSR count). The van der Waals surface area contributed by atoms with Crippen molar-refractivity contribution in [2.75, 3.05) is 6.61 Å². The summed E-state index contributed by atoms with van der Waals surface area (Å²) in [6, 6.07) is 0. The standard InChI is InChI=1S/C18H28O2/c1-5-17(3,4)12(2)20-11-18-8-13-6-14(9-18)16(19)15(7-13)10-18/h13-15H,2,5-11H2,1,3-4H3. The molecule has 2 heteroatoms. The summed E-state index contributed by atoms with van der Waals surface area (Å²) >= 11 is 0. The van der Waals surface area contributed by atoms with Gasteiger partial charge in [-0.05, 0) is 44.4 Å². The van der Waals surface area contributed by atoms with Gasteiger partial charge in [-0.2, -0.15) is 0 Å². The summed E-state index contributed by atoms with van der Waals surface area (Å²) in [5, 5.41) is 0. The van der Waals surface area contributed by atoms with Gasteiger partial charge in [0.25, 0.3) is 0 Å². The number of rotatable bonds is 5. The number of carbonyl (C=O) groups is 1. The molecule has 4 aliphatic rings. The maximum atomic E-state index is 12.2. The predicted octanol–water partition coefficient (Wildman–Crippen LogP) is 4.35. The summed E-state index contributed by atoms with van der Waals surface area (Å²) in [6.07, 6.45) is 6.76. The Morgan fingerprint density at radius 3 is 2.45 bits per heavy atom. The molecule has 0 aromatic carbocycles. The van der Waals surface area contributed by atoms with E-state index in [-0.39, 0.29) is 10.8 Å². The molecule has 20 heavy (non-hydrogen) atoms. The van der Waals surface area contributed by atoms with Crippen molar-refractivity contribution in [3.8, 4) is 0 Å². The van der Waals surface area contributed by atoms with E-state index in [2.05, 4.69) is 27.4 Å². The lowest BCUT2D eigenvalue weighted by atomic mass is 9.49. The first kappa shape index (κ1) is 14.2. The lowest BCUT2D eigenvalue weighted by Crippen LogP contribution is -2.53. The van der Waals surface area contributed by atoms with E-state index in [4.69, 9.17) is 4.74 Å². The fraction of sp³-hybridized carbons (Fsp3) is 0.833. The first-order valence-electron chi connectivity index (χ1n) is 8.21. The van der Waals surface area contributed by atoms with Gasteiger partial charge in [0.05, 0.1) is 12.4 Å². The van der Waals surface area contributed by atoms with E-state index >= 15 is 0 Å². The minimum atomic E-state index is 0.0537. The van der Waals surface area contributed by atoms with Gasteiger partial charge >= 0.3 is 0 Å². The lowest BCUT2D eigenvalue weighted by Gasteiger charge is -2.55. The Balaban J connectivity index is 1.66.